The van der Waals surface area contributed by atoms with Crippen LogP contribution in [0.4, 0.5) is 5.95 Å². The SMILES string of the molecule is CN(C)CCNC(=O)c1cc2c(/C(=N/O)c3ccc4c(c3)OCO4)nc(N)nc2s1. The normalized spacial score (nSPS) is 13.2. The Labute approximate surface area is 175 Å². The Morgan fingerprint density at radius 2 is 2.10 bits per heavy atom. The summed E-state index contributed by atoms with van der Waals surface area (Å²) >= 11 is 1.20. The summed E-state index contributed by atoms with van der Waals surface area (Å²) in [6.07, 6.45) is 0. The second-order valence-electron chi connectivity index (χ2n) is 6.84. The fourth-order valence-corrected chi connectivity index (χ4v) is 3.95. The quantitative estimate of drug-likeness (QED) is 0.306. The summed E-state index contributed by atoms with van der Waals surface area (Å²) in [6, 6.07) is 6.83. The van der Waals surface area contributed by atoms with Gasteiger partial charge in [0.25, 0.3) is 5.91 Å². The topological polar surface area (TPSA) is 135 Å². The number of thiophene rings is 1. The van der Waals surface area contributed by atoms with Crippen LogP contribution in [0, 0.1) is 0 Å². The molecule has 0 atom stereocenters. The van der Waals surface area contributed by atoms with Gasteiger partial charge < -0.3 is 30.6 Å². The van der Waals surface area contributed by atoms with Gasteiger partial charge >= 0.3 is 0 Å². The lowest BCUT2D eigenvalue weighted by Crippen LogP contribution is -2.30. The van der Waals surface area contributed by atoms with E-state index >= 15 is 0 Å². The third-order valence-electron chi connectivity index (χ3n) is 4.45. The summed E-state index contributed by atoms with van der Waals surface area (Å²) < 4.78 is 10.7. The van der Waals surface area contributed by atoms with Gasteiger partial charge in [0.05, 0.1) is 4.88 Å². The number of oxime groups is 1. The third-order valence-corrected chi connectivity index (χ3v) is 5.48. The van der Waals surface area contributed by atoms with Crippen LogP contribution in [0.25, 0.3) is 10.2 Å². The van der Waals surface area contributed by atoms with Gasteiger partial charge in [-0.05, 0) is 38.4 Å². The molecule has 0 unspecified atom stereocenters. The lowest BCUT2D eigenvalue weighted by atomic mass is 10.0. The summed E-state index contributed by atoms with van der Waals surface area (Å²) in [5.41, 5.74) is 6.95. The van der Waals surface area contributed by atoms with E-state index in [0.29, 0.717) is 44.4 Å². The van der Waals surface area contributed by atoms with Crippen LogP contribution in [0.2, 0.25) is 0 Å². The lowest BCUT2D eigenvalue weighted by Gasteiger charge is -2.09. The molecule has 0 saturated carbocycles. The average molecular weight is 428 g/mol. The molecule has 4 N–H and O–H groups in total. The summed E-state index contributed by atoms with van der Waals surface area (Å²) in [4.78, 5) is 24.0. The van der Waals surface area contributed by atoms with Gasteiger partial charge in [0.1, 0.15) is 16.2 Å². The maximum Gasteiger partial charge on any atom is 0.261 e. The third kappa shape index (κ3) is 3.84. The van der Waals surface area contributed by atoms with Gasteiger partial charge in [-0.15, -0.1) is 11.3 Å². The van der Waals surface area contributed by atoms with E-state index in [9.17, 15) is 10.0 Å². The van der Waals surface area contributed by atoms with E-state index in [1.165, 1.54) is 11.3 Å². The number of ether oxygens (including phenoxy) is 2. The van der Waals surface area contributed by atoms with Crippen molar-refractivity contribution in [1.82, 2.24) is 20.2 Å². The average Bonchev–Trinajstić information content (AvgIpc) is 3.34. The van der Waals surface area contributed by atoms with E-state index in [-0.39, 0.29) is 24.4 Å². The van der Waals surface area contributed by atoms with Gasteiger partial charge in [0.15, 0.2) is 11.5 Å². The second kappa shape index (κ2) is 8.13. The first-order valence-corrected chi connectivity index (χ1v) is 9.90. The van der Waals surface area contributed by atoms with Gasteiger partial charge in [-0.3, -0.25) is 4.79 Å². The maximum absolute atomic E-state index is 12.5. The molecule has 4 rings (SSSR count). The van der Waals surface area contributed by atoms with Crippen molar-refractivity contribution in [2.45, 2.75) is 0 Å². The molecular formula is C19H20N6O4S. The van der Waals surface area contributed by atoms with E-state index in [1.807, 2.05) is 19.0 Å². The lowest BCUT2D eigenvalue weighted by molar-refractivity contribution is 0.0955. The highest BCUT2D eigenvalue weighted by Gasteiger charge is 2.22. The van der Waals surface area contributed by atoms with Crippen molar-refractivity contribution in [1.29, 1.82) is 0 Å². The Balaban J connectivity index is 1.71. The molecule has 10 nitrogen and oxygen atoms in total. The van der Waals surface area contributed by atoms with Crippen LogP contribution < -0.4 is 20.5 Å². The van der Waals surface area contributed by atoms with Crippen molar-refractivity contribution in [3.05, 3.63) is 40.4 Å². The van der Waals surface area contributed by atoms with E-state index in [4.69, 9.17) is 15.2 Å². The van der Waals surface area contributed by atoms with Gasteiger partial charge in [-0.25, -0.2) is 9.97 Å². The largest absolute Gasteiger partial charge is 0.454 e. The van der Waals surface area contributed by atoms with Crippen molar-refractivity contribution in [2.75, 3.05) is 39.7 Å². The van der Waals surface area contributed by atoms with E-state index in [1.54, 1.807) is 24.3 Å². The number of carbonyl (C=O) groups excluding carboxylic acids is 1. The number of nitrogen functional groups attached to an aromatic ring is 1. The van der Waals surface area contributed by atoms with Crippen molar-refractivity contribution in [3.8, 4) is 11.5 Å². The van der Waals surface area contributed by atoms with Crippen LogP contribution in [0.1, 0.15) is 20.9 Å². The minimum atomic E-state index is -0.213. The Kier molecular flexibility index (Phi) is 5.38. The molecule has 156 valence electrons. The number of rotatable bonds is 6. The molecule has 0 saturated heterocycles. The first kappa shape index (κ1) is 19.9. The summed E-state index contributed by atoms with van der Waals surface area (Å²) in [7, 11) is 3.87. The van der Waals surface area contributed by atoms with Gasteiger partial charge in [-0.2, -0.15) is 0 Å². The van der Waals surface area contributed by atoms with Gasteiger partial charge in [-0.1, -0.05) is 5.16 Å². The minimum Gasteiger partial charge on any atom is -0.454 e. The molecule has 0 aliphatic carbocycles. The molecule has 3 aromatic rings. The number of nitrogens with two attached hydrogens (primary N) is 1. The molecule has 1 aliphatic heterocycles. The number of carbonyl (C=O) groups is 1. The van der Waals surface area contributed by atoms with Crippen LogP contribution in [0.15, 0.2) is 29.4 Å². The standard InChI is InChI=1S/C19H20N6O4S/c1-25(2)6-5-21-17(26)14-8-11-16(22-19(20)23-18(11)30-14)15(24-27)10-3-4-12-13(7-10)29-9-28-12/h3-4,7-8,27H,5-6,9H2,1-2H3,(H,21,26)(H2,20,22,23)/b24-15+. The van der Waals surface area contributed by atoms with Crippen molar-refractivity contribution >= 4 is 39.1 Å². The summed E-state index contributed by atoms with van der Waals surface area (Å²) in [5.74, 6) is 0.949. The van der Waals surface area contributed by atoms with E-state index < -0.39 is 0 Å². The number of benzene rings is 1. The number of amides is 1. The molecule has 2 aromatic heterocycles. The molecule has 11 heteroatoms. The van der Waals surface area contributed by atoms with Crippen LogP contribution in [-0.4, -0.2) is 65.7 Å². The first-order valence-electron chi connectivity index (χ1n) is 9.08. The Hall–Kier alpha value is -3.44. The molecule has 0 spiro atoms. The number of aromatic nitrogens is 2. The van der Waals surface area contributed by atoms with Crippen LogP contribution >= 0.6 is 11.3 Å². The monoisotopic (exact) mass is 428 g/mol. The highest BCUT2D eigenvalue weighted by atomic mass is 32.1. The number of likely N-dealkylation sites (N-methyl/N-ethyl adjacent to an activating group) is 1. The Bertz CT molecular complexity index is 1140. The van der Waals surface area contributed by atoms with Crippen molar-refractivity contribution < 1.29 is 19.5 Å². The molecule has 0 radical (unpaired) electrons. The molecule has 0 fully saturated rings. The molecule has 1 aromatic carbocycles. The van der Waals surface area contributed by atoms with E-state index in [2.05, 4.69) is 20.4 Å². The van der Waals surface area contributed by atoms with Crippen molar-refractivity contribution in [2.24, 2.45) is 5.16 Å². The number of nitrogens with one attached hydrogen (secondary N) is 1. The fourth-order valence-electron chi connectivity index (χ4n) is 3.00. The number of hydrogen-bond donors (Lipinski definition) is 3. The number of hydrogen-bond acceptors (Lipinski definition) is 10. The second-order valence-corrected chi connectivity index (χ2v) is 7.87. The van der Waals surface area contributed by atoms with Crippen LogP contribution in [-0.2, 0) is 0 Å². The van der Waals surface area contributed by atoms with Gasteiger partial charge in [0, 0.05) is 24.0 Å². The fraction of sp³-hybridized carbons (Fsp3) is 0.263. The Morgan fingerprint density at radius 3 is 2.87 bits per heavy atom. The zero-order valence-electron chi connectivity index (χ0n) is 16.4. The highest BCUT2D eigenvalue weighted by Crippen LogP contribution is 2.34. The molecule has 0 bridgehead atoms. The van der Waals surface area contributed by atoms with Crippen LogP contribution in [0.5, 0.6) is 11.5 Å². The predicted octanol–water partition coefficient (Wildman–Crippen LogP) is 1.52. The smallest absolute Gasteiger partial charge is 0.261 e. The predicted molar refractivity (Wildman–Crippen MR) is 113 cm³/mol. The minimum absolute atomic E-state index is 0.0146. The Morgan fingerprint density at radius 1 is 1.30 bits per heavy atom. The zero-order valence-corrected chi connectivity index (χ0v) is 17.2. The van der Waals surface area contributed by atoms with E-state index in [0.717, 1.165) is 6.54 Å². The summed E-state index contributed by atoms with van der Waals surface area (Å²) in [6.45, 7) is 1.37. The van der Waals surface area contributed by atoms with Crippen LogP contribution in [0.3, 0.4) is 0 Å². The molecule has 30 heavy (non-hydrogen) atoms. The molecule has 3 heterocycles. The van der Waals surface area contributed by atoms with Crippen molar-refractivity contribution in [3.63, 3.8) is 0 Å². The van der Waals surface area contributed by atoms with Gasteiger partial charge in [0.2, 0.25) is 12.7 Å². The zero-order chi connectivity index (χ0) is 21.3. The number of anilines is 1. The maximum atomic E-state index is 12.5. The number of nitrogens with zero attached hydrogens (tertiary/aromatic N) is 4. The highest BCUT2D eigenvalue weighted by molar-refractivity contribution is 7.20. The summed E-state index contributed by atoms with van der Waals surface area (Å²) in [5, 5.41) is 16.6. The number of fused-ring (bicyclic) bond motifs is 2. The molecular weight excluding hydrogens is 408 g/mol. The molecule has 1 amide bonds. The molecule has 1 aliphatic rings. The first-order chi connectivity index (χ1) is 14.5.